The third-order valence-corrected chi connectivity index (χ3v) is 3.56. The van der Waals surface area contributed by atoms with Gasteiger partial charge in [0.15, 0.2) is 6.23 Å². The molecule has 71 valence electrons. The van der Waals surface area contributed by atoms with Crippen molar-refractivity contribution in [1.82, 2.24) is 4.31 Å². The van der Waals surface area contributed by atoms with Crippen LogP contribution in [-0.4, -0.2) is 21.3 Å². The third kappa shape index (κ3) is 2.15. The Balaban J connectivity index is 2.59. The maximum absolute atomic E-state index is 11.5. The van der Waals surface area contributed by atoms with Crippen LogP contribution in [0.25, 0.3) is 0 Å². The fourth-order valence-corrected chi connectivity index (χ4v) is 2.60. The fraction of sp³-hybridized carbons (Fsp3) is 1.00. The number of hydrogen-bond donors (Lipinski definition) is 0. The number of rotatable bonds is 2. The van der Waals surface area contributed by atoms with Gasteiger partial charge >= 0.3 is 0 Å². The molecule has 1 heterocycles. The first-order chi connectivity index (χ1) is 5.43. The minimum atomic E-state index is -0.493. The van der Waals surface area contributed by atoms with E-state index in [1.54, 1.807) is 11.9 Å². The molecule has 1 saturated heterocycles. The van der Waals surface area contributed by atoms with Gasteiger partial charge < -0.3 is 0 Å². The summed E-state index contributed by atoms with van der Waals surface area (Å²) >= 11 is 1.70. The number of nitrogens with zero attached hydrogens (tertiary/aromatic N) is 1. The molecule has 0 bridgehead atoms. The highest BCUT2D eigenvalue weighted by Gasteiger charge is 2.40. The van der Waals surface area contributed by atoms with Gasteiger partial charge in [0, 0.05) is 10.8 Å². The quantitative estimate of drug-likeness (QED) is 0.622. The molecule has 1 rings (SSSR count). The second kappa shape index (κ2) is 3.56. The van der Waals surface area contributed by atoms with Crippen molar-refractivity contribution in [3.05, 3.63) is 0 Å². The van der Waals surface area contributed by atoms with Crippen LogP contribution < -0.4 is 0 Å². The van der Waals surface area contributed by atoms with E-state index in [9.17, 15) is 5.11 Å². The summed E-state index contributed by atoms with van der Waals surface area (Å²) in [6, 6.07) is 0. The van der Waals surface area contributed by atoms with Crippen LogP contribution in [-0.2, 0) is 5.11 Å². The molecule has 1 atom stereocenters. The Bertz CT molecular complexity index is 159. The van der Waals surface area contributed by atoms with E-state index in [1.807, 2.05) is 4.31 Å². The zero-order chi connectivity index (χ0) is 9.35. The summed E-state index contributed by atoms with van der Waals surface area (Å²) in [4.78, 5) is 0. The van der Waals surface area contributed by atoms with Crippen molar-refractivity contribution in [3.8, 4) is 0 Å². The molecule has 1 unspecified atom stereocenters. The van der Waals surface area contributed by atoms with Crippen LogP contribution in [0.2, 0.25) is 0 Å². The Kier molecular flexibility index (Phi) is 3.07. The van der Waals surface area contributed by atoms with Gasteiger partial charge in [0.25, 0.3) is 0 Å². The van der Waals surface area contributed by atoms with Gasteiger partial charge in [-0.15, -0.1) is 0 Å². The van der Waals surface area contributed by atoms with Crippen molar-refractivity contribution in [2.45, 2.75) is 57.6 Å². The molecule has 1 radical (unpaired) electrons. The van der Waals surface area contributed by atoms with Gasteiger partial charge in [-0.1, -0.05) is 25.8 Å². The topological polar surface area (TPSA) is 23.1 Å². The largest absolute Gasteiger partial charge is 0.215 e. The minimum Gasteiger partial charge on any atom is -0.215 e. The zero-order valence-electron chi connectivity index (χ0n) is 8.33. The minimum absolute atomic E-state index is 0.0986. The van der Waals surface area contributed by atoms with E-state index in [0.29, 0.717) is 5.25 Å². The summed E-state index contributed by atoms with van der Waals surface area (Å²) < 4.78 is 2.03. The molecule has 3 heteroatoms. The van der Waals surface area contributed by atoms with Gasteiger partial charge in [0.1, 0.15) is 0 Å². The maximum Gasteiger partial charge on any atom is 0.155 e. The van der Waals surface area contributed by atoms with Crippen LogP contribution in [0.3, 0.4) is 0 Å². The van der Waals surface area contributed by atoms with Gasteiger partial charge in [-0.3, -0.25) is 0 Å². The summed E-state index contributed by atoms with van der Waals surface area (Å²) in [5.74, 6) is 0. The zero-order valence-corrected chi connectivity index (χ0v) is 9.15. The Morgan fingerprint density at radius 1 is 1.50 bits per heavy atom. The molecule has 12 heavy (non-hydrogen) atoms. The SMILES string of the molecule is CC(C)SN1C([O])CCC1(C)C. The highest BCUT2D eigenvalue weighted by Crippen LogP contribution is 2.39. The van der Waals surface area contributed by atoms with E-state index in [1.165, 1.54) is 0 Å². The van der Waals surface area contributed by atoms with Crippen LogP contribution in [0.15, 0.2) is 0 Å². The summed E-state index contributed by atoms with van der Waals surface area (Å²) in [7, 11) is 0. The first-order valence-corrected chi connectivity index (χ1v) is 5.39. The highest BCUT2D eigenvalue weighted by molar-refractivity contribution is 7.97. The van der Waals surface area contributed by atoms with Gasteiger partial charge in [0.2, 0.25) is 0 Å². The lowest BCUT2D eigenvalue weighted by molar-refractivity contribution is 0.00716. The van der Waals surface area contributed by atoms with E-state index in [4.69, 9.17) is 0 Å². The molecule has 0 spiro atoms. The van der Waals surface area contributed by atoms with E-state index in [0.717, 1.165) is 12.8 Å². The lowest BCUT2D eigenvalue weighted by atomic mass is 10.0. The van der Waals surface area contributed by atoms with Gasteiger partial charge in [-0.25, -0.2) is 9.41 Å². The second-order valence-corrected chi connectivity index (χ2v) is 5.83. The molecule has 0 aromatic carbocycles. The summed E-state index contributed by atoms with van der Waals surface area (Å²) in [5, 5.41) is 12.0. The molecule has 1 aliphatic heterocycles. The predicted octanol–water partition coefficient (Wildman–Crippen LogP) is 2.67. The van der Waals surface area contributed by atoms with Crippen LogP contribution in [0.1, 0.15) is 40.5 Å². The lowest BCUT2D eigenvalue weighted by Gasteiger charge is -2.32. The summed E-state index contributed by atoms with van der Waals surface area (Å²) in [6.07, 6.45) is 1.33. The fourth-order valence-electron chi connectivity index (χ4n) is 1.53. The van der Waals surface area contributed by atoms with Crippen molar-refractivity contribution < 1.29 is 5.11 Å². The van der Waals surface area contributed by atoms with E-state index in [2.05, 4.69) is 27.7 Å². The van der Waals surface area contributed by atoms with E-state index < -0.39 is 6.23 Å². The molecular formula is C9H18NOS. The van der Waals surface area contributed by atoms with Crippen LogP contribution in [0, 0.1) is 0 Å². The molecule has 0 amide bonds. The smallest absolute Gasteiger partial charge is 0.155 e. The van der Waals surface area contributed by atoms with Gasteiger partial charge in [0.05, 0.1) is 0 Å². The Labute approximate surface area is 79.5 Å². The van der Waals surface area contributed by atoms with Crippen LogP contribution in [0.5, 0.6) is 0 Å². The first kappa shape index (κ1) is 10.4. The third-order valence-electron chi connectivity index (χ3n) is 2.19. The Hall–Kier alpha value is 0.270. The normalized spacial score (nSPS) is 30.0. The molecule has 2 nitrogen and oxygen atoms in total. The van der Waals surface area contributed by atoms with Crippen molar-refractivity contribution in [3.63, 3.8) is 0 Å². The molecule has 0 aromatic heterocycles. The van der Waals surface area contributed by atoms with Gasteiger partial charge in [-0.2, -0.15) is 0 Å². The van der Waals surface area contributed by atoms with Crippen molar-refractivity contribution in [1.29, 1.82) is 0 Å². The highest BCUT2D eigenvalue weighted by atomic mass is 32.2. The predicted molar refractivity (Wildman–Crippen MR) is 52.4 cm³/mol. The average Bonchev–Trinajstić information content (AvgIpc) is 2.15. The molecule has 0 N–H and O–H groups in total. The average molecular weight is 188 g/mol. The molecule has 1 aliphatic rings. The van der Waals surface area contributed by atoms with Gasteiger partial charge in [-0.05, 0) is 26.7 Å². The monoisotopic (exact) mass is 188 g/mol. The van der Waals surface area contributed by atoms with E-state index >= 15 is 0 Å². The second-order valence-electron chi connectivity index (χ2n) is 4.29. The summed E-state index contributed by atoms with van der Waals surface area (Å²) in [5.41, 5.74) is 0.0986. The van der Waals surface area contributed by atoms with Crippen LogP contribution >= 0.6 is 11.9 Å². The maximum atomic E-state index is 11.5. The molecule has 0 aliphatic carbocycles. The number of hydrogen-bond acceptors (Lipinski definition) is 2. The van der Waals surface area contributed by atoms with Crippen molar-refractivity contribution in [2.24, 2.45) is 0 Å². The molecule has 0 aromatic rings. The van der Waals surface area contributed by atoms with Crippen molar-refractivity contribution >= 4 is 11.9 Å². The Morgan fingerprint density at radius 2 is 2.08 bits per heavy atom. The lowest BCUT2D eigenvalue weighted by Crippen LogP contribution is -2.37. The van der Waals surface area contributed by atoms with Crippen molar-refractivity contribution in [2.75, 3.05) is 0 Å². The van der Waals surface area contributed by atoms with E-state index in [-0.39, 0.29) is 5.54 Å². The Morgan fingerprint density at radius 3 is 2.42 bits per heavy atom. The first-order valence-electron chi connectivity index (χ1n) is 4.55. The molecule has 1 fully saturated rings. The standard InChI is InChI=1S/C9H18NOS/c1-7(2)12-10-8(11)5-6-9(10,3)4/h7-8H,5-6H2,1-4H3. The summed E-state index contributed by atoms with van der Waals surface area (Å²) in [6.45, 7) is 8.57. The van der Waals surface area contributed by atoms with Crippen LogP contribution in [0.4, 0.5) is 0 Å². The molecule has 0 saturated carbocycles. The molecular weight excluding hydrogens is 170 g/mol.